The number of hydrogen-bond donors (Lipinski definition) is 0. The van der Waals surface area contributed by atoms with Crippen LogP contribution in [0.15, 0.2) is 24.3 Å². The van der Waals surface area contributed by atoms with Crippen molar-refractivity contribution < 1.29 is 28.5 Å². The number of amides is 1. The standard InChI is InChI=1S/C26H31NO6/c1-16-6-7-17(2)25(18(16)3)32-15-23(29)27-10-8-26(9-11-27)14-20(28)24-21(31-5)12-19(30-4)13-22(24)33-26/h6-7,12-13H,8-11,14-15H2,1-5H3. The van der Waals surface area contributed by atoms with E-state index in [0.717, 1.165) is 22.4 Å². The predicted molar refractivity (Wildman–Crippen MR) is 124 cm³/mol. The van der Waals surface area contributed by atoms with Gasteiger partial charge in [-0.15, -0.1) is 0 Å². The summed E-state index contributed by atoms with van der Waals surface area (Å²) in [4.78, 5) is 27.6. The van der Waals surface area contributed by atoms with Crippen molar-refractivity contribution in [1.82, 2.24) is 4.90 Å². The number of hydrogen-bond acceptors (Lipinski definition) is 6. The summed E-state index contributed by atoms with van der Waals surface area (Å²) >= 11 is 0. The zero-order valence-corrected chi connectivity index (χ0v) is 19.9. The van der Waals surface area contributed by atoms with Crippen LogP contribution in [-0.2, 0) is 4.79 Å². The van der Waals surface area contributed by atoms with E-state index in [1.54, 1.807) is 24.1 Å². The number of piperidine rings is 1. The first-order chi connectivity index (χ1) is 15.8. The van der Waals surface area contributed by atoms with Gasteiger partial charge in [-0.3, -0.25) is 9.59 Å². The van der Waals surface area contributed by atoms with Gasteiger partial charge in [0, 0.05) is 38.1 Å². The highest BCUT2D eigenvalue weighted by Gasteiger charge is 2.45. The van der Waals surface area contributed by atoms with Crippen molar-refractivity contribution in [2.75, 3.05) is 33.9 Å². The molecule has 2 heterocycles. The Balaban J connectivity index is 1.42. The molecule has 2 aliphatic heterocycles. The Labute approximate surface area is 194 Å². The normalized spacial score (nSPS) is 16.8. The molecule has 0 unspecified atom stereocenters. The minimum absolute atomic E-state index is 0.00481. The van der Waals surface area contributed by atoms with Gasteiger partial charge in [0.15, 0.2) is 12.4 Å². The van der Waals surface area contributed by atoms with Crippen molar-refractivity contribution in [2.24, 2.45) is 0 Å². The van der Waals surface area contributed by atoms with Gasteiger partial charge in [0.1, 0.15) is 34.2 Å². The third-order valence-electron chi connectivity index (χ3n) is 6.82. The fourth-order valence-corrected chi connectivity index (χ4v) is 4.67. The van der Waals surface area contributed by atoms with Gasteiger partial charge < -0.3 is 23.8 Å². The summed E-state index contributed by atoms with van der Waals surface area (Å²) in [5, 5.41) is 0. The zero-order chi connectivity index (χ0) is 23.8. The third-order valence-corrected chi connectivity index (χ3v) is 6.82. The van der Waals surface area contributed by atoms with E-state index in [1.807, 2.05) is 26.8 Å². The minimum atomic E-state index is -0.622. The molecule has 0 bridgehead atoms. The lowest BCUT2D eigenvalue weighted by atomic mass is 9.82. The van der Waals surface area contributed by atoms with Crippen molar-refractivity contribution >= 4 is 11.7 Å². The highest BCUT2D eigenvalue weighted by atomic mass is 16.5. The number of Topliss-reactive ketones (excluding diaryl/α,β-unsaturated/α-hetero) is 1. The van der Waals surface area contributed by atoms with Crippen LogP contribution in [0.5, 0.6) is 23.0 Å². The SMILES string of the molecule is COc1cc(OC)c2c(c1)OC1(CCN(C(=O)COc3c(C)ccc(C)c3C)CC1)CC2=O. The number of carbonyl (C=O) groups excluding carboxylic acids is 2. The summed E-state index contributed by atoms with van der Waals surface area (Å²) in [6.07, 6.45) is 1.42. The van der Waals surface area contributed by atoms with Crippen LogP contribution in [0.3, 0.4) is 0 Å². The van der Waals surface area contributed by atoms with Crippen molar-refractivity contribution in [3.63, 3.8) is 0 Å². The number of methoxy groups -OCH3 is 2. The number of fused-ring (bicyclic) bond motifs is 1. The van der Waals surface area contributed by atoms with Gasteiger partial charge in [-0.1, -0.05) is 12.1 Å². The minimum Gasteiger partial charge on any atom is -0.496 e. The van der Waals surface area contributed by atoms with Gasteiger partial charge in [-0.05, 0) is 37.5 Å². The molecule has 1 spiro atoms. The summed E-state index contributed by atoms with van der Waals surface area (Å²) in [6, 6.07) is 7.48. The van der Waals surface area contributed by atoms with Crippen LogP contribution in [0, 0.1) is 20.8 Å². The highest BCUT2D eigenvalue weighted by Crippen LogP contribution is 2.44. The molecule has 1 saturated heterocycles. The molecule has 0 radical (unpaired) electrons. The number of nitrogens with zero attached hydrogens (tertiary/aromatic N) is 1. The predicted octanol–water partition coefficient (Wildman–Crippen LogP) is 4.03. The number of benzene rings is 2. The number of aryl methyl sites for hydroxylation is 2. The van der Waals surface area contributed by atoms with Gasteiger partial charge in [0.2, 0.25) is 0 Å². The first-order valence-corrected chi connectivity index (χ1v) is 11.2. The van der Waals surface area contributed by atoms with Crippen LogP contribution in [0.1, 0.15) is 46.3 Å². The molecule has 7 heteroatoms. The van der Waals surface area contributed by atoms with Crippen LogP contribution in [0.4, 0.5) is 0 Å². The van der Waals surface area contributed by atoms with Crippen LogP contribution in [0.25, 0.3) is 0 Å². The summed E-state index contributed by atoms with van der Waals surface area (Å²) in [5.74, 6) is 2.21. The third kappa shape index (κ3) is 4.36. The highest BCUT2D eigenvalue weighted by molar-refractivity contribution is 6.03. The molecule has 176 valence electrons. The Kier molecular flexibility index (Phi) is 6.23. The van der Waals surface area contributed by atoms with E-state index >= 15 is 0 Å². The number of ether oxygens (including phenoxy) is 4. The first-order valence-electron chi connectivity index (χ1n) is 11.2. The number of carbonyl (C=O) groups is 2. The van der Waals surface area contributed by atoms with Gasteiger partial charge in [-0.2, -0.15) is 0 Å². The number of rotatable bonds is 5. The molecule has 2 aromatic carbocycles. The Hall–Kier alpha value is -3.22. The monoisotopic (exact) mass is 453 g/mol. The zero-order valence-electron chi connectivity index (χ0n) is 19.9. The van der Waals surface area contributed by atoms with Crippen molar-refractivity contribution in [2.45, 2.75) is 45.6 Å². The van der Waals surface area contributed by atoms with Crippen LogP contribution >= 0.6 is 0 Å². The van der Waals surface area contributed by atoms with Gasteiger partial charge in [-0.25, -0.2) is 0 Å². The van der Waals surface area contributed by atoms with E-state index in [1.165, 1.54) is 7.11 Å². The summed E-state index contributed by atoms with van der Waals surface area (Å²) < 4.78 is 23.0. The average Bonchev–Trinajstić information content (AvgIpc) is 2.80. The molecule has 1 amide bonds. The Morgan fingerprint density at radius 2 is 1.76 bits per heavy atom. The topological polar surface area (TPSA) is 74.3 Å². The van der Waals surface area contributed by atoms with Gasteiger partial charge >= 0.3 is 0 Å². The first kappa shape index (κ1) is 23.0. The second kappa shape index (κ2) is 8.96. The lowest BCUT2D eigenvalue weighted by Crippen LogP contribution is -2.53. The molecule has 0 aliphatic carbocycles. The van der Waals surface area contributed by atoms with Crippen LogP contribution < -0.4 is 18.9 Å². The van der Waals surface area contributed by atoms with Crippen molar-refractivity contribution in [3.8, 4) is 23.0 Å². The summed E-state index contributed by atoms with van der Waals surface area (Å²) in [5.41, 5.74) is 3.04. The van der Waals surface area contributed by atoms with Crippen molar-refractivity contribution in [1.29, 1.82) is 0 Å². The Bertz CT molecular complexity index is 1080. The lowest BCUT2D eigenvalue weighted by Gasteiger charge is -2.44. The maximum absolute atomic E-state index is 13.0. The molecule has 0 aromatic heterocycles. The largest absolute Gasteiger partial charge is 0.496 e. The van der Waals surface area contributed by atoms with Crippen molar-refractivity contribution in [3.05, 3.63) is 46.5 Å². The molecule has 2 aromatic rings. The molecule has 0 N–H and O–H groups in total. The molecule has 2 aliphatic rings. The maximum Gasteiger partial charge on any atom is 0.260 e. The number of ketones is 1. The molecule has 0 saturated carbocycles. The summed E-state index contributed by atoms with van der Waals surface area (Å²) in [7, 11) is 3.09. The fourth-order valence-electron chi connectivity index (χ4n) is 4.67. The smallest absolute Gasteiger partial charge is 0.260 e. The van der Waals surface area contributed by atoms with E-state index in [2.05, 4.69) is 6.07 Å². The average molecular weight is 454 g/mol. The van der Waals surface area contributed by atoms with E-state index in [4.69, 9.17) is 18.9 Å². The van der Waals surface area contributed by atoms with E-state index in [-0.39, 0.29) is 24.7 Å². The molecular formula is C26H31NO6. The fraction of sp³-hybridized carbons (Fsp3) is 0.462. The molecule has 33 heavy (non-hydrogen) atoms. The quantitative estimate of drug-likeness (QED) is 0.681. The molecule has 0 atom stereocenters. The molecular weight excluding hydrogens is 422 g/mol. The second-order valence-corrected chi connectivity index (χ2v) is 8.91. The number of likely N-dealkylation sites (tertiary alicyclic amines) is 1. The molecule has 7 nitrogen and oxygen atoms in total. The Morgan fingerprint density at radius 3 is 2.42 bits per heavy atom. The second-order valence-electron chi connectivity index (χ2n) is 8.91. The van der Waals surface area contributed by atoms with E-state index < -0.39 is 5.60 Å². The van der Waals surface area contributed by atoms with Gasteiger partial charge in [0.25, 0.3) is 5.91 Å². The van der Waals surface area contributed by atoms with Crippen LogP contribution in [-0.4, -0.2) is 56.1 Å². The summed E-state index contributed by atoms with van der Waals surface area (Å²) in [6.45, 7) is 7.04. The van der Waals surface area contributed by atoms with E-state index in [9.17, 15) is 9.59 Å². The Morgan fingerprint density at radius 1 is 1.06 bits per heavy atom. The lowest BCUT2D eigenvalue weighted by molar-refractivity contribution is -0.136. The molecule has 1 fully saturated rings. The maximum atomic E-state index is 13.0. The van der Waals surface area contributed by atoms with E-state index in [0.29, 0.717) is 48.7 Å². The van der Waals surface area contributed by atoms with Gasteiger partial charge in [0.05, 0.1) is 20.6 Å². The molecule has 4 rings (SSSR count). The van der Waals surface area contributed by atoms with Crippen LogP contribution in [0.2, 0.25) is 0 Å².